The summed E-state index contributed by atoms with van der Waals surface area (Å²) in [4.78, 5) is 10.7. The SMILES string of the molecule is CCc1ccc(CNc2cc([N+](=O)[O-])c(C)cc2C)cc1. The summed E-state index contributed by atoms with van der Waals surface area (Å²) in [6.45, 7) is 6.50. The summed E-state index contributed by atoms with van der Waals surface area (Å²) in [5.74, 6) is 0. The highest BCUT2D eigenvalue weighted by molar-refractivity contribution is 5.60. The third-order valence-corrected chi connectivity index (χ3v) is 3.65. The molecule has 0 saturated carbocycles. The first-order valence-corrected chi connectivity index (χ1v) is 7.08. The fraction of sp³-hybridized carbons (Fsp3) is 0.294. The van der Waals surface area contributed by atoms with Gasteiger partial charge < -0.3 is 5.32 Å². The monoisotopic (exact) mass is 284 g/mol. The molecule has 0 aliphatic heterocycles. The first-order chi connectivity index (χ1) is 10.0. The summed E-state index contributed by atoms with van der Waals surface area (Å²) in [5, 5.41) is 14.3. The fourth-order valence-corrected chi connectivity index (χ4v) is 2.32. The number of aryl methyl sites for hydroxylation is 3. The Bertz CT molecular complexity index is 649. The lowest BCUT2D eigenvalue weighted by atomic mass is 10.1. The molecule has 110 valence electrons. The van der Waals surface area contributed by atoms with Crippen molar-refractivity contribution in [2.75, 3.05) is 5.32 Å². The van der Waals surface area contributed by atoms with Crippen LogP contribution in [-0.2, 0) is 13.0 Å². The minimum Gasteiger partial charge on any atom is -0.381 e. The standard InChI is InChI=1S/C17H20N2O2/c1-4-14-5-7-15(8-6-14)11-18-16-10-17(19(20)21)13(3)9-12(16)2/h5-10,18H,4,11H2,1-3H3. The summed E-state index contributed by atoms with van der Waals surface area (Å²) in [5.41, 5.74) is 5.14. The molecule has 0 aromatic heterocycles. The van der Waals surface area contributed by atoms with E-state index < -0.39 is 0 Å². The molecular formula is C17H20N2O2. The van der Waals surface area contributed by atoms with Crippen LogP contribution in [-0.4, -0.2) is 4.92 Å². The predicted octanol–water partition coefficient (Wildman–Crippen LogP) is 4.39. The second-order valence-corrected chi connectivity index (χ2v) is 5.23. The molecule has 0 aliphatic carbocycles. The van der Waals surface area contributed by atoms with E-state index in [1.165, 1.54) is 5.56 Å². The third kappa shape index (κ3) is 3.60. The van der Waals surface area contributed by atoms with E-state index in [4.69, 9.17) is 0 Å². The average molecular weight is 284 g/mol. The Labute approximate surface area is 125 Å². The van der Waals surface area contributed by atoms with Gasteiger partial charge in [-0.3, -0.25) is 10.1 Å². The lowest BCUT2D eigenvalue weighted by Crippen LogP contribution is -2.03. The summed E-state index contributed by atoms with van der Waals surface area (Å²) in [6, 6.07) is 11.9. The van der Waals surface area contributed by atoms with Gasteiger partial charge in [0.25, 0.3) is 5.69 Å². The van der Waals surface area contributed by atoms with Gasteiger partial charge in [-0.15, -0.1) is 0 Å². The first kappa shape index (κ1) is 15.0. The lowest BCUT2D eigenvalue weighted by Gasteiger charge is -2.11. The first-order valence-electron chi connectivity index (χ1n) is 7.08. The fourth-order valence-electron chi connectivity index (χ4n) is 2.32. The zero-order valence-electron chi connectivity index (χ0n) is 12.6. The van der Waals surface area contributed by atoms with Crippen LogP contribution in [0.25, 0.3) is 0 Å². The molecule has 0 spiro atoms. The molecule has 0 fully saturated rings. The number of hydrogen-bond donors (Lipinski definition) is 1. The maximum atomic E-state index is 11.0. The van der Waals surface area contributed by atoms with Crippen molar-refractivity contribution in [3.63, 3.8) is 0 Å². The van der Waals surface area contributed by atoms with E-state index >= 15 is 0 Å². The third-order valence-electron chi connectivity index (χ3n) is 3.65. The van der Waals surface area contributed by atoms with E-state index in [9.17, 15) is 10.1 Å². The zero-order chi connectivity index (χ0) is 15.4. The van der Waals surface area contributed by atoms with Crippen molar-refractivity contribution in [1.82, 2.24) is 0 Å². The lowest BCUT2D eigenvalue weighted by molar-refractivity contribution is -0.385. The van der Waals surface area contributed by atoms with Gasteiger partial charge in [-0.05, 0) is 43.0 Å². The Hall–Kier alpha value is -2.36. The van der Waals surface area contributed by atoms with E-state index in [1.54, 1.807) is 13.0 Å². The van der Waals surface area contributed by atoms with Crippen molar-refractivity contribution in [3.05, 3.63) is 68.8 Å². The molecule has 2 rings (SSSR count). The Kier molecular flexibility index (Phi) is 4.58. The molecule has 0 saturated heterocycles. The van der Waals surface area contributed by atoms with Crippen molar-refractivity contribution >= 4 is 11.4 Å². The normalized spacial score (nSPS) is 10.4. The molecule has 0 atom stereocenters. The number of nitro benzene ring substituents is 1. The Morgan fingerprint density at radius 3 is 2.24 bits per heavy atom. The zero-order valence-corrected chi connectivity index (χ0v) is 12.6. The minimum absolute atomic E-state index is 0.157. The molecule has 0 unspecified atom stereocenters. The maximum absolute atomic E-state index is 11.0. The van der Waals surface area contributed by atoms with Crippen LogP contribution >= 0.6 is 0 Å². The number of nitrogens with one attached hydrogen (secondary N) is 1. The largest absolute Gasteiger partial charge is 0.381 e. The highest BCUT2D eigenvalue weighted by Crippen LogP contribution is 2.26. The smallest absolute Gasteiger partial charge is 0.274 e. The summed E-state index contributed by atoms with van der Waals surface area (Å²) in [6.07, 6.45) is 1.02. The summed E-state index contributed by atoms with van der Waals surface area (Å²) in [7, 11) is 0. The van der Waals surface area contributed by atoms with Crippen molar-refractivity contribution in [1.29, 1.82) is 0 Å². The summed E-state index contributed by atoms with van der Waals surface area (Å²) < 4.78 is 0. The average Bonchev–Trinajstić information content (AvgIpc) is 2.46. The Morgan fingerprint density at radius 2 is 1.67 bits per heavy atom. The van der Waals surface area contributed by atoms with Gasteiger partial charge in [0, 0.05) is 23.9 Å². The molecule has 0 amide bonds. The number of nitrogens with zero attached hydrogens (tertiary/aromatic N) is 1. The van der Waals surface area contributed by atoms with Crippen LogP contribution in [0.15, 0.2) is 36.4 Å². The predicted molar refractivity (Wildman–Crippen MR) is 85.7 cm³/mol. The van der Waals surface area contributed by atoms with Gasteiger partial charge in [0.15, 0.2) is 0 Å². The van der Waals surface area contributed by atoms with Crippen LogP contribution < -0.4 is 5.32 Å². The van der Waals surface area contributed by atoms with E-state index in [0.29, 0.717) is 12.1 Å². The van der Waals surface area contributed by atoms with Gasteiger partial charge in [0.1, 0.15) is 0 Å². The molecule has 1 N–H and O–H groups in total. The number of benzene rings is 2. The Morgan fingerprint density at radius 1 is 1.05 bits per heavy atom. The van der Waals surface area contributed by atoms with Gasteiger partial charge >= 0.3 is 0 Å². The molecule has 0 aliphatic rings. The molecule has 0 radical (unpaired) electrons. The minimum atomic E-state index is -0.337. The van der Waals surface area contributed by atoms with Crippen molar-refractivity contribution in [2.45, 2.75) is 33.7 Å². The van der Waals surface area contributed by atoms with Crippen LogP contribution in [0.2, 0.25) is 0 Å². The second kappa shape index (κ2) is 6.39. The molecule has 0 bridgehead atoms. The second-order valence-electron chi connectivity index (χ2n) is 5.23. The van der Waals surface area contributed by atoms with Crippen LogP contribution in [0.1, 0.15) is 29.2 Å². The molecule has 21 heavy (non-hydrogen) atoms. The molecular weight excluding hydrogens is 264 g/mol. The van der Waals surface area contributed by atoms with Gasteiger partial charge in [0.2, 0.25) is 0 Å². The van der Waals surface area contributed by atoms with Crippen molar-refractivity contribution in [2.24, 2.45) is 0 Å². The maximum Gasteiger partial charge on any atom is 0.274 e. The Balaban J connectivity index is 2.15. The quantitative estimate of drug-likeness (QED) is 0.654. The van der Waals surface area contributed by atoms with Crippen LogP contribution in [0, 0.1) is 24.0 Å². The van der Waals surface area contributed by atoms with Gasteiger partial charge in [0.05, 0.1) is 4.92 Å². The highest BCUT2D eigenvalue weighted by atomic mass is 16.6. The topological polar surface area (TPSA) is 55.2 Å². The molecule has 4 nitrogen and oxygen atoms in total. The van der Waals surface area contributed by atoms with E-state index in [0.717, 1.165) is 23.2 Å². The number of hydrogen-bond acceptors (Lipinski definition) is 3. The van der Waals surface area contributed by atoms with E-state index in [2.05, 4.69) is 36.5 Å². The van der Waals surface area contributed by atoms with Crippen LogP contribution in [0.4, 0.5) is 11.4 Å². The van der Waals surface area contributed by atoms with Crippen LogP contribution in [0.3, 0.4) is 0 Å². The number of anilines is 1. The van der Waals surface area contributed by atoms with Crippen LogP contribution in [0.5, 0.6) is 0 Å². The van der Waals surface area contributed by atoms with Crippen molar-refractivity contribution < 1.29 is 4.92 Å². The van der Waals surface area contributed by atoms with Gasteiger partial charge in [-0.2, -0.15) is 0 Å². The van der Waals surface area contributed by atoms with Gasteiger partial charge in [-0.25, -0.2) is 0 Å². The number of rotatable bonds is 5. The molecule has 0 heterocycles. The van der Waals surface area contributed by atoms with Gasteiger partial charge in [-0.1, -0.05) is 31.2 Å². The van der Waals surface area contributed by atoms with Crippen molar-refractivity contribution in [3.8, 4) is 0 Å². The molecule has 4 heteroatoms. The summed E-state index contributed by atoms with van der Waals surface area (Å²) >= 11 is 0. The van der Waals surface area contributed by atoms with E-state index in [1.807, 2.05) is 13.0 Å². The molecule has 2 aromatic rings. The van der Waals surface area contributed by atoms with E-state index in [-0.39, 0.29) is 10.6 Å². The highest BCUT2D eigenvalue weighted by Gasteiger charge is 2.13. The molecule has 2 aromatic carbocycles. The number of nitro groups is 1.